The number of aryl methyl sites for hydroxylation is 2. The molecule has 0 bridgehead atoms. The van der Waals surface area contributed by atoms with Crippen LogP contribution in [0.3, 0.4) is 0 Å². The molecule has 0 aromatic heterocycles. The number of nitrogens with two attached hydrogens (primary N) is 1. The fourth-order valence-corrected chi connectivity index (χ4v) is 2.98. The Hall–Kier alpha value is -0.870. The van der Waals surface area contributed by atoms with Crippen molar-refractivity contribution in [3.8, 4) is 0 Å². The molecule has 0 saturated heterocycles. The van der Waals surface area contributed by atoms with Crippen molar-refractivity contribution in [3.63, 3.8) is 0 Å². The maximum Gasteiger partial charge on any atom is 0.154 e. The van der Waals surface area contributed by atoms with Gasteiger partial charge in [0.2, 0.25) is 0 Å². The lowest BCUT2D eigenvalue weighted by Gasteiger charge is -2.22. The van der Waals surface area contributed by atoms with Gasteiger partial charge in [-0.15, -0.1) is 0 Å². The molecular weight excluding hydrogens is 234 g/mol. The molecule has 4 heteroatoms. The molecule has 0 aliphatic heterocycles. The SMILES string of the molecule is CCS(=O)(=O)C(C)C(N)c1cc(C)ccc1C. The molecule has 0 aliphatic rings. The van der Waals surface area contributed by atoms with Crippen LogP contribution < -0.4 is 5.73 Å². The Morgan fingerprint density at radius 2 is 1.88 bits per heavy atom. The van der Waals surface area contributed by atoms with Gasteiger partial charge in [-0.1, -0.05) is 30.7 Å². The maximum atomic E-state index is 11.8. The molecule has 3 nitrogen and oxygen atoms in total. The van der Waals surface area contributed by atoms with E-state index in [2.05, 4.69) is 0 Å². The summed E-state index contributed by atoms with van der Waals surface area (Å²) < 4.78 is 23.7. The van der Waals surface area contributed by atoms with Gasteiger partial charge in [0.05, 0.1) is 5.25 Å². The lowest BCUT2D eigenvalue weighted by molar-refractivity contribution is 0.565. The first-order valence-corrected chi connectivity index (χ1v) is 7.55. The summed E-state index contributed by atoms with van der Waals surface area (Å²) >= 11 is 0. The molecule has 0 heterocycles. The first-order valence-electron chi connectivity index (χ1n) is 5.84. The zero-order valence-electron chi connectivity index (χ0n) is 10.9. The summed E-state index contributed by atoms with van der Waals surface area (Å²) in [6.07, 6.45) is 0. The van der Waals surface area contributed by atoms with E-state index in [1.807, 2.05) is 32.0 Å². The Bertz CT molecular complexity index is 494. The van der Waals surface area contributed by atoms with Crippen LogP contribution in [0.25, 0.3) is 0 Å². The number of hydrogen-bond acceptors (Lipinski definition) is 3. The van der Waals surface area contributed by atoms with E-state index in [1.54, 1.807) is 13.8 Å². The summed E-state index contributed by atoms with van der Waals surface area (Å²) in [6, 6.07) is 5.50. The Balaban J connectivity index is 3.12. The summed E-state index contributed by atoms with van der Waals surface area (Å²) in [5, 5.41) is -0.548. The summed E-state index contributed by atoms with van der Waals surface area (Å²) in [7, 11) is -3.10. The first kappa shape index (κ1) is 14.2. The van der Waals surface area contributed by atoms with Gasteiger partial charge in [-0.3, -0.25) is 0 Å². The lowest BCUT2D eigenvalue weighted by atomic mass is 9.98. The molecule has 1 aromatic carbocycles. The van der Waals surface area contributed by atoms with Gasteiger partial charge < -0.3 is 5.73 Å². The second kappa shape index (κ2) is 5.19. The van der Waals surface area contributed by atoms with E-state index in [1.165, 1.54) is 0 Å². The molecule has 0 saturated carbocycles. The molecular formula is C13H21NO2S. The summed E-state index contributed by atoms with van der Waals surface area (Å²) in [5.41, 5.74) is 9.16. The monoisotopic (exact) mass is 255 g/mol. The second-order valence-corrected chi connectivity index (χ2v) is 7.19. The second-order valence-electron chi connectivity index (χ2n) is 4.54. The Labute approximate surface area is 104 Å². The summed E-state index contributed by atoms with van der Waals surface area (Å²) in [4.78, 5) is 0. The average molecular weight is 255 g/mol. The van der Waals surface area contributed by atoms with Crippen molar-refractivity contribution in [3.05, 3.63) is 34.9 Å². The first-order chi connectivity index (χ1) is 7.79. The molecule has 1 rings (SSSR count). The van der Waals surface area contributed by atoms with Gasteiger partial charge in [0.25, 0.3) is 0 Å². The van der Waals surface area contributed by atoms with Crippen LogP contribution in [0.1, 0.15) is 36.6 Å². The van der Waals surface area contributed by atoms with Crippen molar-refractivity contribution >= 4 is 9.84 Å². The van der Waals surface area contributed by atoms with E-state index in [0.29, 0.717) is 0 Å². The fourth-order valence-electron chi connectivity index (χ4n) is 1.86. The molecule has 0 spiro atoms. The smallest absolute Gasteiger partial charge is 0.154 e. The highest BCUT2D eigenvalue weighted by Gasteiger charge is 2.27. The highest BCUT2D eigenvalue weighted by atomic mass is 32.2. The van der Waals surface area contributed by atoms with Gasteiger partial charge in [-0.05, 0) is 31.9 Å². The van der Waals surface area contributed by atoms with Crippen molar-refractivity contribution in [2.24, 2.45) is 5.73 Å². The lowest BCUT2D eigenvalue weighted by Crippen LogP contribution is -2.32. The van der Waals surface area contributed by atoms with Crippen LogP contribution in [0.2, 0.25) is 0 Å². The third-order valence-electron chi connectivity index (χ3n) is 3.27. The standard InChI is InChI=1S/C13H21NO2S/c1-5-17(15,16)11(4)13(14)12-8-9(2)6-7-10(12)3/h6-8,11,13H,5,14H2,1-4H3. The van der Waals surface area contributed by atoms with E-state index in [9.17, 15) is 8.42 Å². The highest BCUT2D eigenvalue weighted by molar-refractivity contribution is 7.92. The van der Waals surface area contributed by atoms with E-state index in [4.69, 9.17) is 5.73 Å². The van der Waals surface area contributed by atoms with Crippen LogP contribution in [0.4, 0.5) is 0 Å². The van der Waals surface area contributed by atoms with Gasteiger partial charge >= 0.3 is 0 Å². The summed E-state index contributed by atoms with van der Waals surface area (Å²) in [6.45, 7) is 7.28. The Morgan fingerprint density at radius 1 is 1.29 bits per heavy atom. The molecule has 0 radical (unpaired) electrons. The number of sulfone groups is 1. The van der Waals surface area contributed by atoms with Gasteiger partial charge in [0, 0.05) is 11.8 Å². The van der Waals surface area contributed by atoms with E-state index in [0.717, 1.165) is 16.7 Å². The molecule has 0 fully saturated rings. The molecule has 17 heavy (non-hydrogen) atoms. The minimum Gasteiger partial charge on any atom is -0.323 e. The Kier molecular flexibility index (Phi) is 4.33. The molecule has 0 amide bonds. The Morgan fingerprint density at radius 3 is 2.41 bits per heavy atom. The molecule has 2 atom stereocenters. The maximum absolute atomic E-state index is 11.8. The van der Waals surface area contributed by atoms with Crippen LogP contribution >= 0.6 is 0 Å². The van der Waals surface area contributed by atoms with Crippen molar-refractivity contribution in [2.45, 2.75) is 39.0 Å². The average Bonchev–Trinajstić information content (AvgIpc) is 2.30. The van der Waals surface area contributed by atoms with Gasteiger partial charge in [-0.2, -0.15) is 0 Å². The molecule has 2 unspecified atom stereocenters. The zero-order valence-corrected chi connectivity index (χ0v) is 11.7. The van der Waals surface area contributed by atoms with Crippen molar-refractivity contribution in [1.29, 1.82) is 0 Å². The quantitative estimate of drug-likeness (QED) is 0.896. The largest absolute Gasteiger partial charge is 0.323 e. The van der Waals surface area contributed by atoms with Crippen molar-refractivity contribution in [2.75, 3.05) is 5.75 Å². The predicted molar refractivity (Wildman–Crippen MR) is 71.8 cm³/mol. The predicted octanol–water partition coefficient (Wildman–Crippen LogP) is 2.13. The van der Waals surface area contributed by atoms with Gasteiger partial charge in [0.1, 0.15) is 0 Å². The number of rotatable bonds is 4. The van der Waals surface area contributed by atoms with Crippen LogP contribution in [-0.2, 0) is 9.84 Å². The van der Waals surface area contributed by atoms with E-state index in [-0.39, 0.29) is 5.75 Å². The molecule has 2 N–H and O–H groups in total. The van der Waals surface area contributed by atoms with Gasteiger partial charge in [0.15, 0.2) is 9.84 Å². The van der Waals surface area contributed by atoms with E-state index < -0.39 is 21.1 Å². The third kappa shape index (κ3) is 3.07. The normalized spacial score (nSPS) is 15.6. The topological polar surface area (TPSA) is 60.2 Å². The fraction of sp³-hybridized carbons (Fsp3) is 0.538. The van der Waals surface area contributed by atoms with Crippen molar-refractivity contribution < 1.29 is 8.42 Å². The van der Waals surface area contributed by atoms with E-state index >= 15 is 0 Å². The molecule has 96 valence electrons. The van der Waals surface area contributed by atoms with Crippen LogP contribution in [-0.4, -0.2) is 19.4 Å². The third-order valence-corrected chi connectivity index (χ3v) is 5.50. The van der Waals surface area contributed by atoms with Crippen LogP contribution in [0, 0.1) is 13.8 Å². The van der Waals surface area contributed by atoms with Crippen LogP contribution in [0.15, 0.2) is 18.2 Å². The minimum atomic E-state index is -3.10. The van der Waals surface area contributed by atoms with Crippen LogP contribution in [0.5, 0.6) is 0 Å². The minimum absolute atomic E-state index is 0.132. The molecule has 1 aromatic rings. The van der Waals surface area contributed by atoms with Crippen molar-refractivity contribution in [1.82, 2.24) is 0 Å². The summed E-state index contributed by atoms with van der Waals surface area (Å²) in [5.74, 6) is 0.132. The zero-order chi connectivity index (χ0) is 13.2. The van der Waals surface area contributed by atoms with Gasteiger partial charge in [-0.25, -0.2) is 8.42 Å². The number of benzene rings is 1. The molecule has 0 aliphatic carbocycles. The highest BCUT2D eigenvalue weighted by Crippen LogP contribution is 2.24. The number of hydrogen-bond donors (Lipinski definition) is 1.